The molecule has 0 saturated heterocycles. The Morgan fingerprint density at radius 3 is 2.67 bits per heavy atom. The molecule has 1 aromatic carbocycles. The summed E-state index contributed by atoms with van der Waals surface area (Å²) in [5.74, 6) is -0.533. The highest BCUT2D eigenvalue weighted by molar-refractivity contribution is 7.98. The number of nitrogens with one attached hydrogen (secondary N) is 1. The molecule has 0 spiro atoms. The summed E-state index contributed by atoms with van der Waals surface area (Å²) in [7, 11) is 3.98. The van der Waals surface area contributed by atoms with Crippen molar-refractivity contribution in [1.29, 1.82) is 0 Å². The lowest BCUT2D eigenvalue weighted by Crippen LogP contribution is -2.35. The molecule has 0 bridgehead atoms. The fraction of sp³-hybridized carbons (Fsp3) is 0.263. The number of nitrogens with zero attached hydrogens (tertiary/aromatic N) is 3. The van der Waals surface area contributed by atoms with Crippen LogP contribution in [-0.2, 0) is 0 Å². The first-order valence-corrected chi connectivity index (χ1v) is 10.5. The topological polar surface area (TPSA) is 50.2 Å². The van der Waals surface area contributed by atoms with Crippen LogP contribution in [0.1, 0.15) is 22.1 Å². The van der Waals surface area contributed by atoms with Crippen LogP contribution in [0.25, 0.3) is 5.69 Å². The van der Waals surface area contributed by atoms with Gasteiger partial charge in [-0.05, 0) is 67.0 Å². The van der Waals surface area contributed by atoms with Gasteiger partial charge >= 0.3 is 0 Å². The number of imidazole rings is 1. The number of carbonyl (C=O) groups excluding carboxylic acids is 1. The van der Waals surface area contributed by atoms with Crippen molar-refractivity contribution in [1.82, 2.24) is 19.8 Å². The molecule has 5 nitrogen and oxygen atoms in total. The van der Waals surface area contributed by atoms with Crippen LogP contribution in [0, 0.1) is 5.82 Å². The van der Waals surface area contributed by atoms with E-state index in [9.17, 15) is 9.18 Å². The van der Waals surface area contributed by atoms with Crippen molar-refractivity contribution < 1.29 is 9.18 Å². The van der Waals surface area contributed by atoms with Crippen molar-refractivity contribution in [2.45, 2.75) is 11.2 Å². The van der Waals surface area contributed by atoms with Crippen LogP contribution in [0.15, 0.2) is 52.4 Å². The van der Waals surface area contributed by atoms with Gasteiger partial charge in [0.1, 0.15) is 11.5 Å². The van der Waals surface area contributed by atoms with E-state index in [2.05, 4.69) is 26.6 Å². The van der Waals surface area contributed by atoms with Gasteiger partial charge in [-0.25, -0.2) is 9.37 Å². The summed E-state index contributed by atoms with van der Waals surface area (Å²) >= 11 is 3.07. The van der Waals surface area contributed by atoms with E-state index in [0.717, 1.165) is 0 Å². The molecule has 3 rings (SSSR count). The van der Waals surface area contributed by atoms with Crippen LogP contribution in [0.2, 0.25) is 0 Å². The third-order valence-corrected chi connectivity index (χ3v) is 5.59. The fourth-order valence-electron chi connectivity index (χ4n) is 2.82. The van der Waals surface area contributed by atoms with Crippen LogP contribution in [0.3, 0.4) is 0 Å². The molecule has 0 aliphatic rings. The van der Waals surface area contributed by atoms with E-state index in [0.29, 0.717) is 23.1 Å². The largest absolute Gasteiger partial charge is 0.349 e. The smallest absolute Gasteiger partial charge is 0.270 e. The predicted molar refractivity (Wildman–Crippen MR) is 108 cm³/mol. The van der Waals surface area contributed by atoms with E-state index in [1.807, 2.05) is 25.7 Å². The number of benzene rings is 1. The lowest BCUT2D eigenvalue weighted by molar-refractivity contribution is 0.0934. The quantitative estimate of drug-likeness (QED) is 0.608. The molecule has 2 aromatic heterocycles. The predicted octanol–water partition coefficient (Wildman–Crippen LogP) is 3.83. The van der Waals surface area contributed by atoms with Gasteiger partial charge < -0.3 is 10.2 Å². The summed E-state index contributed by atoms with van der Waals surface area (Å²) < 4.78 is 15.0. The number of likely N-dealkylation sites (N-methyl/N-ethyl adjacent to an activating group) is 1. The zero-order valence-electron chi connectivity index (χ0n) is 15.3. The summed E-state index contributed by atoms with van der Waals surface area (Å²) in [5.41, 5.74) is 2.29. The number of halogens is 1. The maximum absolute atomic E-state index is 13.3. The maximum atomic E-state index is 13.3. The van der Waals surface area contributed by atoms with Crippen molar-refractivity contribution in [3.8, 4) is 5.69 Å². The maximum Gasteiger partial charge on any atom is 0.270 e. The highest BCUT2D eigenvalue weighted by atomic mass is 32.2. The Morgan fingerprint density at radius 2 is 2.07 bits per heavy atom. The number of carbonyl (C=O) groups is 1. The van der Waals surface area contributed by atoms with Crippen molar-refractivity contribution >= 4 is 29.0 Å². The number of hydrogen-bond acceptors (Lipinski definition) is 5. The van der Waals surface area contributed by atoms with E-state index in [1.165, 1.54) is 29.5 Å². The van der Waals surface area contributed by atoms with Crippen LogP contribution in [-0.4, -0.2) is 47.3 Å². The summed E-state index contributed by atoms with van der Waals surface area (Å²) in [4.78, 5) is 19.3. The number of thiophene rings is 1. The van der Waals surface area contributed by atoms with Gasteiger partial charge in [0.05, 0.1) is 12.2 Å². The molecular weight excluding hydrogens is 383 g/mol. The van der Waals surface area contributed by atoms with Gasteiger partial charge in [-0.2, -0.15) is 11.3 Å². The Balaban J connectivity index is 1.83. The van der Waals surface area contributed by atoms with Crippen molar-refractivity contribution in [2.24, 2.45) is 0 Å². The lowest BCUT2D eigenvalue weighted by atomic mass is 10.1. The minimum absolute atomic E-state index is 0.0856. The van der Waals surface area contributed by atoms with Gasteiger partial charge in [0.15, 0.2) is 5.16 Å². The molecule has 8 heteroatoms. The second kappa shape index (κ2) is 8.69. The number of rotatable bonds is 7. The van der Waals surface area contributed by atoms with E-state index < -0.39 is 0 Å². The lowest BCUT2D eigenvalue weighted by Gasteiger charge is -2.24. The van der Waals surface area contributed by atoms with Gasteiger partial charge in [-0.3, -0.25) is 9.36 Å². The third kappa shape index (κ3) is 4.40. The second-order valence-corrected chi connectivity index (χ2v) is 7.74. The zero-order chi connectivity index (χ0) is 19.4. The van der Waals surface area contributed by atoms with Crippen LogP contribution in [0.4, 0.5) is 4.39 Å². The number of amides is 1. The first-order valence-electron chi connectivity index (χ1n) is 8.35. The molecule has 0 saturated carbocycles. The monoisotopic (exact) mass is 404 g/mol. The minimum atomic E-state index is -0.319. The molecule has 142 valence electrons. The highest BCUT2D eigenvalue weighted by Crippen LogP contribution is 2.23. The van der Waals surface area contributed by atoms with Gasteiger partial charge in [0.25, 0.3) is 5.91 Å². The summed E-state index contributed by atoms with van der Waals surface area (Å²) in [6.07, 6.45) is 3.45. The Hall–Kier alpha value is -2.16. The Morgan fingerprint density at radius 1 is 1.33 bits per heavy atom. The Labute approximate surface area is 166 Å². The number of thioether (sulfide) groups is 1. The molecule has 0 radical (unpaired) electrons. The van der Waals surface area contributed by atoms with E-state index in [4.69, 9.17) is 0 Å². The molecular formula is C19H21FN4OS2. The van der Waals surface area contributed by atoms with Gasteiger partial charge in [0.2, 0.25) is 0 Å². The molecule has 0 unspecified atom stereocenters. The molecule has 1 atom stereocenters. The number of hydrogen-bond donors (Lipinski definition) is 1. The highest BCUT2D eigenvalue weighted by Gasteiger charge is 2.20. The molecule has 3 aromatic rings. The van der Waals surface area contributed by atoms with Crippen molar-refractivity contribution in [3.05, 3.63) is 64.4 Å². The molecule has 0 aliphatic carbocycles. The molecule has 1 amide bonds. The van der Waals surface area contributed by atoms with E-state index in [1.54, 1.807) is 34.2 Å². The first kappa shape index (κ1) is 19.6. The Kier molecular flexibility index (Phi) is 6.30. The second-order valence-electron chi connectivity index (χ2n) is 6.19. The van der Waals surface area contributed by atoms with Crippen LogP contribution < -0.4 is 5.32 Å². The minimum Gasteiger partial charge on any atom is -0.349 e. The third-order valence-electron chi connectivity index (χ3n) is 4.24. The number of aromatic nitrogens is 2. The van der Waals surface area contributed by atoms with Gasteiger partial charge in [0, 0.05) is 12.2 Å². The fourth-order valence-corrected chi connectivity index (χ4v) is 4.07. The average molecular weight is 405 g/mol. The zero-order valence-corrected chi connectivity index (χ0v) is 17.0. The SMILES string of the molecule is CSc1ncc(C(=O)NC[C@H](c2ccsc2)N(C)C)n1-c1ccc(F)cc1. The molecule has 2 heterocycles. The molecule has 0 aliphatic heterocycles. The van der Waals surface area contributed by atoms with Gasteiger partial charge in [-0.1, -0.05) is 11.8 Å². The molecule has 1 N–H and O–H groups in total. The summed E-state index contributed by atoms with van der Waals surface area (Å²) in [6.45, 7) is 0.478. The van der Waals surface area contributed by atoms with E-state index >= 15 is 0 Å². The van der Waals surface area contributed by atoms with Crippen molar-refractivity contribution in [2.75, 3.05) is 26.9 Å². The summed E-state index contributed by atoms with van der Waals surface area (Å²) in [6, 6.07) is 8.18. The molecule has 27 heavy (non-hydrogen) atoms. The van der Waals surface area contributed by atoms with Gasteiger partial charge in [-0.15, -0.1) is 0 Å². The normalized spacial score (nSPS) is 12.3. The average Bonchev–Trinajstić information content (AvgIpc) is 3.31. The molecule has 0 fully saturated rings. The first-order chi connectivity index (χ1) is 13.0. The van der Waals surface area contributed by atoms with Crippen molar-refractivity contribution in [3.63, 3.8) is 0 Å². The van der Waals surface area contributed by atoms with Crippen LogP contribution in [0.5, 0.6) is 0 Å². The van der Waals surface area contributed by atoms with Crippen LogP contribution >= 0.6 is 23.1 Å². The summed E-state index contributed by atoms with van der Waals surface area (Å²) in [5, 5.41) is 7.80. The standard InChI is InChI=1S/C19H21FN4OS2/c1-23(2)16(13-8-9-27-12-13)10-21-18(25)17-11-22-19(26-3)24(17)15-6-4-14(20)5-7-15/h4-9,11-12,16H,10H2,1-3H3,(H,21,25)/t16-/m1/s1. The Bertz CT molecular complexity index is 891. The van der Waals surface area contributed by atoms with E-state index in [-0.39, 0.29) is 17.8 Å².